The fraction of sp³-hybridized carbons (Fsp3) is 0. The quantitative estimate of drug-likeness (QED) is 0.827. The minimum absolute atomic E-state index is 0. The van der Waals surface area contributed by atoms with Gasteiger partial charge in [-0.1, -0.05) is 6.07 Å². The van der Waals surface area contributed by atoms with Gasteiger partial charge < -0.3 is 10.2 Å². The van der Waals surface area contributed by atoms with Crippen LogP contribution in [-0.2, 0) is 0 Å². The van der Waals surface area contributed by atoms with E-state index in [0.717, 1.165) is 18.2 Å². The first-order chi connectivity index (χ1) is 8.49. The standard InChI is InChI=1S/C13H8F2O3.Na/c14-8-2-3-9(11(15)6-8)7-1-4-12(16)10(5-7)13(17)18;/h1-6,16H,(H,17,18);. The van der Waals surface area contributed by atoms with Crippen LogP contribution >= 0.6 is 0 Å². The van der Waals surface area contributed by atoms with E-state index in [1.54, 1.807) is 0 Å². The molecule has 1 radical (unpaired) electrons. The van der Waals surface area contributed by atoms with Crippen LogP contribution in [-0.4, -0.2) is 45.7 Å². The summed E-state index contributed by atoms with van der Waals surface area (Å²) in [6, 6.07) is 6.64. The number of carbonyl (C=O) groups is 1. The van der Waals surface area contributed by atoms with Crippen LogP contribution in [0, 0.1) is 11.6 Å². The Kier molecular flexibility index (Phi) is 5.05. The molecule has 0 amide bonds. The summed E-state index contributed by atoms with van der Waals surface area (Å²) >= 11 is 0. The number of phenols is 1. The van der Waals surface area contributed by atoms with Gasteiger partial charge in [0.25, 0.3) is 0 Å². The second-order valence-electron chi connectivity index (χ2n) is 3.66. The van der Waals surface area contributed by atoms with E-state index in [4.69, 9.17) is 5.11 Å². The summed E-state index contributed by atoms with van der Waals surface area (Å²) < 4.78 is 26.3. The number of carboxylic acid groups (broad SMARTS) is 1. The topological polar surface area (TPSA) is 57.5 Å². The van der Waals surface area contributed by atoms with Crippen molar-refractivity contribution in [3.8, 4) is 16.9 Å². The maximum Gasteiger partial charge on any atom is 0.339 e. The van der Waals surface area contributed by atoms with Crippen LogP contribution in [0.1, 0.15) is 10.4 Å². The molecule has 0 spiro atoms. The maximum atomic E-state index is 13.5. The Bertz CT molecular complexity index is 629. The summed E-state index contributed by atoms with van der Waals surface area (Å²) in [5.41, 5.74) is -0.0159. The van der Waals surface area contributed by atoms with Crippen LogP contribution in [0.25, 0.3) is 11.1 Å². The molecular weight excluding hydrogens is 265 g/mol. The molecule has 2 rings (SSSR count). The van der Waals surface area contributed by atoms with Crippen molar-refractivity contribution in [2.75, 3.05) is 0 Å². The molecule has 0 saturated heterocycles. The molecule has 0 fully saturated rings. The largest absolute Gasteiger partial charge is 0.507 e. The Morgan fingerprint density at radius 3 is 2.32 bits per heavy atom. The van der Waals surface area contributed by atoms with E-state index in [0.29, 0.717) is 6.07 Å². The maximum absolute atomic E-state index is 13.5. The van der Waals surface area contributed by atoms with E-state index >= 15 is 0 Å². The van der Waals surface area contributed by atoms with Gasteiger partial charge in [0, 0.05) is 41.2 Å². The van der Waals surface area contributed by atoms with E-state index in [-0.39, 0.29) is 46.2 Å². The summed E-state index contributed by atoms with van der Waals surface area (Å²) in [6.45, 7) is 0. The third-order valence-electron chi connectivity index (χ3n) is 2.47. The van der Waals surface area contributed by atoms with Gasteiger partial charge in [0.1, 0.15) is 22.9 Å². The molecular formula is C13H8F2NaO3. The smallest absolute Gasteiger partial charge is 0.339 e. The summed E-state index contributed by atoms with van der Waals surface area (Å²) in [7, 11) is 0. The fourth-order valence-corrected chi connectivity index (χ4v) is 1.60. The number of hydrogen-bond acceptors (Lipinski definition) is 2. The second-order valence-corrected chi connectivity index (χ2v) is 3.66. The number of rotatable bonds is 2. The predicted molar refractivity (Wildman–Crippen MR) is 66.2 cm³/mol. The van der Waals surface area contributed by atoms with Crippen LogP contribution in [0.15, 0.2) is 36.4 Å². The van der Waals surface area contributed by atoms with E-state index in [2.05, 4.69) is 0 Å². The minimum atomic E-state index is -1.32. The number of aromatic carboxylic acids is 1. The molecule has 3 nitrogen and oxygen atoms in total. The Morgan fingerprint density at radius 2 is 1.74 bits per heavy atom. The van der Waals surface area contributed by atoms with Gasteiger partial charge in [-0.25, -0.2) is 13.6 Å². The van der Waals surface area contributed by atoms with Gasteiger partial charge in [0.15, 0.2) is 0 Å². The van der Waals surface area contributed by atoms with Crippen molar-refractivity contribution >= 4 is 35.5 Å². The average molecular weight is 273 g/mol. The molecule has 6 heteroatoms. The van der Waals surface area contributed by atoms with Gasteiger partial charge >= 0.3 is 5.97 Å². The Labute approximate surface area is 129 Å². The van der Waals surface area contributed by atoms with Crippen molar-refractivity contribution in [3.05, 3.63) is 53.6 Å². The molecule has 0 atom stereocenters. The van der Waals surface area contributed by atoms with Crippen molar-refractivity contribution in [3.63, 3.8) is 0 Å². The van der Waals surface area contributed by atoms with Gasteiger partial charge in [0.2, 0.25) is 0 Å². The predicted octanol–water partition coefficient (Wildman–Crippen LogP) is 2.65. The van der Waals surface area contributed by atoms with E-state index in [1.165, 1.54) is 12.1 Å². The average Bonchev–Trinajstić information content (AvgIpc) is 2.30. The van der Waals surface area contributed by atoms with Gasteiger partial charge in [-0.05, 0) is 29.8 Å². The fourth-order valence-electron chi connectivity index (χ4n) is 1.60. The normalized spacial score (nSPS) is 9.79. The van der Waals surface area contributed by atoms with Crippen LogP contribution in [0.3, 0.4) is 0 Å². The third-order valence-corrected chi connectivity index (χ3v) is 2.47. The Morgan fingerprint density at radius 1 is 1.05 bits per heavy atom. The van der Waals surface area contributed by atoms with Crippen LogP contribution in [0.5, 0.6) is 5.75 Å². The SMILES string of the molecule is O=C(O)c1cc(-c2ccc(F)cc2F)ccc1O.[Na]. The van der Waals surface area contributed by atoms with Crippen molar-refractivity contribution in [2.24, 2.45) is 0 Å². The molecule has 93 valence electrons. The van der Waals surface area contributed by atoms with Gasteiger partial charge in [0.05, 0.1) is 0 Å². The first kappa shape index (κ1) is 15.6. The number of benzene rings is 2. The summed E-state index contributed by atoms with van der Waals surface area (Å²) in [6.07, 6.45) is 0. The van der Waals surface area contributed by atoms with Gasteiger partial charge in [-0.2, -0.15) is 0 Å². The molecule has 0 bridgehead atoms. The third kappa shape index (κ3) is 3.32. The number of carboxylic acids is 1. The Hall–Kier alpha value is -1.43. The molecule has 19 heavy (non-hydrogen) atoms. The van der Waals surface area contributed by atoms with Gasteiger partial charge in [-0.15, -0.1) is 0 Å². The molecule has 0 aliphatic carbocycles. The van der Waals surface area contributed by atoms with E-state index in [9.17, 15) is 18.7 Å². The molecule has 0 unspecified atom stereocenters. The molecule has 0 saturated carbocycles. The molecule has 0 aromatic heterocycles. The van der Waals surface area contributed by atoms with E-state index in [1.807, 2.05) is 0 Å². The van der Waals surface area contributed by atoms with Crippen molar-refractivity contribution in [2.45, 2.75) is 0 Å². The first-order valence-corrected chi connectivity index (χ1v) is 5.01. The van der Waals surface area contributed by atoms with Crippen molar-refractivity contribution in [1.29, 1.82) is 0 Å². The van der Waals surface area contributed by atoms with Crippen LogP contribution < -0.4 is 0 Å². The monoisotopic (exact) mass is 273 g/mol. The van der Waals surface area contributed by atoms with Gasteiger partial charge in [-0.3, -0.25) is 0 Å². The summed E-state index contributed by atoms with van der Waals surface area (Å²) in [5, 5.41) is 18.2. The Balaban J connectivity index is 0.00000180. The minimum Gasteiger partial charge on any atom is -0.507 e. The number of halogens is 2. The molecule has 0 aliphatic rings. The molecule has 2 aromatic rings. The van der Waals surface area contributed by atoms with Crippen molar-refractivity contribution < 1.29 is 23.8 Å². The second kappa shape index (κ2) is 6.14. The molecule has 0 aliphatic heterocycles. The molecule has 0 heterocycles. The molecule has 2 aromatic carbocycles. The zero-order valence-corrected chi connectivity index (χ0v) is 12.0. The van der Waals surface area contributed by atoms with Crippen molar-refractivity contribution in [1.82, 2.24) is 0 Å². The first-order valence-electron chi connectivity index (χ1n) is 5.01. The summed E-state index contributed by atoms with van der Waals surface area (Å²) in [4.78, 5) is 10.8. The zero-order chi connectivity index (χ0) is 13.3. The van der Waals surface area contributed by atoms with Crippen LogP contribution in [0.2, 0.25) is 0 Å². The van der Waals surface area contributed by atoms with E-state index < -0.39 is 23.4 Å². The number of hydrogen-bond donors (Lipinski definition) is 2. The van der Waals surface area contributed by atoms with Crippen LogP contribution in [0.4, 0.5) is 8.78 Å². The summed E-state index contributed by atoms with van der Waals surface area (Å²) in [5.74, 6) is -3.24. The zero-order valence-electron chi connectivity index (χ0n) is 10.0. The molecule has 2 N–H and O–H groups in total. The number of aromatic hydroxyl groups is 1.